The number of carbonyl (C=O) groups is 1. The van der Waals surface area contributed by atoms with E-state index in [9.17, 15) is 17.6 Å². The van der Waals surface area contributed by atoms with Crippen LogP contribution in [-0.4, -0.2) is 34.5 Å². The average molecular weight is 379 g/mol. The number of hydrogen-bond acceptors (Lipinski definition) is 4. The zero-order valence-electron chi connectivity index (χ0n) is 14.9. The van der Waals surface area contributed by atoms with Gasteiger partial charge in [-0.25, -0.2) is 12.8 Å². The predicted molar refractivity (Wildman–Crippen MR) is 98.8 cm³/mol. The van der Waals surface area contributed by atoms with Gasteiger partial charge in [-0.2, -0.15) is 4.72 Å². The van der Waals surface area contributed by atoms with Crippen LogP contribution in [0.5, 0.6) is 0 Å². The second kappa shape index (κ2) is 8.29. The van der Waals surface area contributed by atoms with Gasteiger partial charge in [-0.3, -0.25) is 4.79 Å². The van der Waals surface area contributed by atoms with Crippen LogP contribution in [-0.2, 0) is 21.4 Å². The lowest BCUT2D eigenvalue weighted by atomic mass is 10.2. The summed E-state index contributed by atoms with van der Waals surface area (Å²) in [5.74, 6) is -0.984. The maximum Gasteiger partial charge on any atom is 0.241 e. The number of rotatable bonds is 7. The van der Waals surface area contributed by atoms with E-state index in [1.807, 2.05) is 43.3 Å². The molecule has 6 nitrogen and oxygen atoms in total. The van der Waals surface area contributed by atoms with Crippen molar-refractivity contribution in [1.82, 2.24) is 10.0 Å². The van der Waals surface area contributed by atoms with Crippen molar-refractivity contribution in [2.45, 2.75) is 24.4 Å². The molecule has 2 aromatic carbocycles. The standard InChI is InChI=1S/C18H22FN3O3S/c1-13(21-26(24,25)17-10-6-15(19)7-11-17)18(23)20-12-14-4-8-16(9-5-14)22(2)3/h4-11,13,21H,12H2,1-3H3,(H,20,23)/t13-/m0/s1. The van der Waals surface area contributed by atoms with Crippen molar-refractivity contribution in [2.24, 2.45) is 0 Å². The molecule has 2 N–H and O–H groups in total. The summed E-state index contributed by atoms with van der Waals surface area (Å²) < 4.78 is 39.6. The molecule has 0 aliphatic heterocycles. The molecule has 0 saturated carbocycles. The van der Waals surface area contributed by atoms with Gasteiger partial charge in [0.05, 0.1) is 10.9 Å². The summed E-state index contributed by atoms with van der Waals surface area (Å²) in [7, 11) is -0.0300. The number of halogens is 1. The highest BCUT2D eigenvalue weighted by molar-refractivity contribution is 7.89. The molecule has 2 rings (SSSR count). The zero-order valence-corrected chi connectivity index (χ0v) is 15.7. The summed E-state index contributed by atoms with van der Waals surface area (Å²) in [6.07, 6.45) is 0. The number of hydrogen-bond donors (Lipinski definition) is 2. The summed E-state index contributed by atoms with van der Waals surface area (Å²) in [5.41, 5.74) is 1.94. The number of anilines is 1. The van der Waals surface area contributed by atoms with Gasteiger partial charge in [-0.1, -0.05) is 12.1 Å². The van der Waals surface area contributed by atoms with Gasteiger partial charge in [0.15, 0.2) is 0 Å². The van der Waals surface area contributed by atoms with Crippen LogP contribution in [0.25, 0.3) is 0 Å². The van der Waals surface area contributed by atoms with Crippen LogP contribution in [0.3, 0.4) is 0 Å². The maximum absolute atomic E-state index is 12.9. The fourth-order valence-corrected chi connectivity index (χ4v) is 3.43. The second-order valence-corrected chi connectivity index (χ2v) is 7.79. The van der Waals surface area contributed by atoms with Crippen LogP contribution in [0.15, 0.2) is 53.4 Å². The Morgan fingerprint density at radius 3 is 2.19 bits per heavy atom. The monoisotopic (exact) mass is 379 g/mol. The van der Waals surface area contributed by atoms with E-state index in [2.05, 4.69) is 10.0 Å². The topological polar surface area (TPSA) is 78.5 Å². The molecule has 8 heteroatoms. The van der Waals surface area contributed by atoms with Crippen LogP contribution < -0.4 is 14.9 Å². The molecular formula is C18H22FN3O3S. The molecule has 0 unspecified atom stereocenters. The van der Waals surface area contributed by atoms with Crippen molar-refractivity contribution in [3.05, 3.63) is 59.9 Å². The third-order valence-electron chi connectivity index (χ3n) is 3.77. The molecule has 0 heterocycles. The molecule has 140 valence electrons. The van der Waals surface area contributed by atoms with Gasteiger partial charge in [-0.05, 0) is 48.9 Å². The summed E-state index contributed by atoms with van der Waals surface area (Å²) in [6.45, 7) is 1.74. The van der Waals surface area contributed by atoms with Crippen molar-refractivity contribution in [1.29, 1.82) is 0 Å². The molecular weight excluding hydrogens is 357 g/mol. The number of amides is 1. The number of nitrogens with one attached hydrogen (secondary N) is 2. The predicted octanol–water partition coefficient (Wildman–Crippen LogP) is 1.87. The Kier molecular flexibility index (Phi) is 6.33. The van der Waals surface area contributed by atoms with Crippen molar-refractivity contribution in [2.75, 3.05) is 19.0 Å². The number of sulfonamides is 1. The average Bonchev–Trinajstić information content (AvgIpc) is 2.60. The molecule has 0 saturated heterocycles. The second-order valence-electron chi connectivity index (χ2n) is 6.08. The highest BCUT2D eigenvalue weighted by Crippen LogP contribution is 2.12. The molecule has 26 heavy (non-hydrogen) atoms. The van der Waals surface area contributed by atoms with Crippen molar-refractivity contribution in [3.8, 4) is 0 Å². The largest absolute Gasteiger partial charge is 0.378 e. The first-order valence-corrected chi connectivity index (χ1v) is 9.49. The quantitative estimate of drug-likeness (QED) is 0.770. The Morgan fingerprint density at radius 2 is 1.65 bits per heavy atom. The molecule has 0 aromatic heterocycles. The number of carbonyl (C=O) groups excluding carboxylic acids is 1. The molecule has 0 spiro atoms. The van der Waals surface area contributed by atoms with E-state index in [0.717, 1.165) is 35.5 Å². The van der Waals surface area contributed by atoms with Gasteiger partial charge in [0.2, 0.25) is 15.9 Å². The molecule has 0 bridgehead atoms. The summed E-state index contributed by atoms with van der Waals surface area (Å²) in [5, 5.41) is 2.69. The molecule has 0 fully saturated rings. The molecule has 0 aliphatic rings. The molecule has 0 aliphatic carbocycles. The summed E-state index contributed by atoms with van der Waals surface area (Å²) >= 11 is 0. The maximum atomic E-state index is 12.9. The van der Waals surface area contributed by atoms with Crippen LogP contribution >= 0.6 is 0 Å². The smallest absolute Gasteiger partial charge is 0.241 e. The SMILES string of the molecule is C[C@H](NS(=O)(=O)c1ccc(F)cc1)C(=O)NCc1ccc(N(C)C)cc1. The summed E-state index contributed by atoms with van der Waals surface area (Å²) in [6, 6.07) is 11.1. The van der Waals surface area contributed by atoms with Gasteiger partial charge in [-0.15, -0.1) is 0 Å². The first-order valence-electron chi connectivity index (χ1n) is 8.01. The van der Waals surface area contributed by atoms with Gasteiger partial charge in [0.25, 0.3) is 0 Å². The molecule has 2 aromatic rings. The Balaban J connectivity index is 1.93. The van der Waals surface area contributed by atoms with Crippen LogP contribution in [0, 0.1) is 5.82 Å². The Labute approximate surface area is 153 Å². The van der Waals surface area contributed by atoms with E-state index in [4.69, 9.17) is 0 Å². The Bertz CT molecular complexity index is 850. The van der Waals surface area contributed by atoms with Crippen molar-refractivity contribution < 1.29 is 17.6 Å². The summed E-state index contributed by atoms with van der Waals surface area (Å²) in [4.78, 5) is 14.0. The third kappa shape index (κ3) is 5.27. The zero-order chi connectivity index (χ0) is 19.3. The highest BCUT2D eigenvalue weighted by Gasteiger charge is 2.21. The van der Waals surface area contributed by atoms with Gasteiger partial charge in [0.1, 0.15) is 5.82 Å². The third-order valence-corrected chi connectivity index (χ3v) is 5.33. The van der Waals surface area contributed by atoms with Gasteiger partial charge in [0, 0.05) is 26.3 Å². The van der Waals surface area contributed by atoms with Crippen molar-refractivity contribution in [3.63, 3.8) is 0 Å². The molecule has 1 atom stereocenters. The van der Waals surface area contributed by atoms with Crippen LogP contribution in [0.2, 0.25) is 0 Å². The van der Waals surface area contributed by atoms with Crippen LogP contribution in [0.4, 0.5) is 10.1 Å². The first kappa shape index (κ1) is 19.9. The van der Waals surface area contributed by atoms with E-state index >= 15 is 0 Å². The normalized spacial score (nSPS) is 12.5. The van der Waals surface area contributed by atoms with E-state index < -0.39 is 27.8 Å². The fraction of sp³-hybridized carbons (Fsp3) is 0.278. The lowest BCUT2D eigenvalue weighted by Crippen LogP contribution is -2.44. The number of benzene rings is 2. The van der Waals surface area contributed by atoms with Crippen LogP contribution in [0.1, 0.15) is 12.5 Å². The van der Waals surface area contributed by atoms with Crippen molar-refractivity contribution >= 4 is 21.6 Å². The molecule has 1 amide bonds. The highest BCUT2D eigenvalue weighted by atomic mass is 32.2. The van der Waals surface area contributed by atoms with E-state index in [0.29, 0.717) is 0 Å². The fourth-order valence-electron chi connectivity index (χ4n) is 2.22. The van der Waals surface area contributed by atoms with E-state index in [-0.39, 0.29) is 11.4 Å². The van der Waals surface area contributed by atoms with Gasteiger partial charge < -0.3 is 10.2 Å². The lowest BCUT2D eigenvalue weighted by Gasteiger charge is -2.15. The van der Waals surface area contributed by atoms with E-state index in [1.54, 1.807) is 0 Å². The number of nitrogens with zero attached hydrogens (tertiary/aromatic N) is 1. The minimum Gasteiger partial charge on any atom is -0.378 e. The first-order chi connectivity index (χ1) is 12.2. The van der Waals surface area contributed by atoms with Gasteiger partial charge >= 0.3 is 0 Å². The minimum atomic E-state index is -3.90. The molecule has 0 radical (unpaired) electrons. The van der Waals surface area contributed by atoms with E-state index in [1.165, 1.54) is 6.92 Å². The Hall–Kier alpha value is -2.45. The lowest BCUT2D eigenvalue weighted by molar-refractivity contribution is -0.122. The minimum absolute atomic E-state index is 0.0992. The Morgan fingerprint density at radius 1 is 1.08 bits per heavy atom.